The molecule has 2 N–H and O–H groups in total. The number of aromatic carboxylic acids is 1. The van der Waals surface area contributed by atoms with E-state index in [0.29, 0.717) is 11.9 Å². The summed E-state index contributed by atoms with van der Waals surface area (Å²) in [5.41, 5.74) is -0.255. The minimum absolute atomic E-state index is 0.0849. The maximum absolute atomic E-state index is 14.5. The van der Waals surface area contributed by atoms with Crippen LogP contribution in [0.15, 0.2) is 47.3 Å². The Labute approximate surface area is 165 Å². The lowest BCUT2D eigenvalue weighted by Gasteiger charge is -2.25. The third kappa shape index (κ3) is 3.41. The van der Waals surface area contributed by atoms with Gasteiger partial charge in [0.15, 0.2) is 0 Å². The summed E-state index contributed by atoms with van der Waals surface area (Å²) in [6, 6.07) is 10.6. The number of pyridine rings is 1. The van der Waals surface area contributed by atoms with Crippen molar-refractivity contribution >= 4 is 28.5 Å². The fourth-order valence-corrected chi connectivity index (χ4v) is 3.67. The van der Waals surface area contributed by atoms with Gasteiger partial charge in [-0.25, -0.2) is 9.18 Å². The van der Waals surface area contributed by atoms with Crippen LogP contribution in [-0.4, -0.2) is 27.4 Å². The Morgan fingerprint density at radius 1 is 1.21 bits per heavy atom. The van der Waals surface area contributed by atoms with Crippen molar-refractivity contribution in [2.75, 3.05) is 6.61 Å². The summed E-state index contributed by atoms with van der Waals surface area (Å²) in [6.45, 7) is 1.59. The van der Waals surface area contributed by atoms with Crippen LogP contribution in [0.25, 0.3) is 10.9 Å². The van der Waals surface area contributed by atoms with Gasteiger partial charge in [-0.05, 0) is 30.2 Å². The maximum Gasteiger partial charge on any atom is 0.341 e. The van der Waals surface area contributed by atoms with Crippen molar-refractivity contribution in [1.82, 2.24) is 4.57 Å². The van der Waals surface area contributed by atoms with Crippen molar-refractivity contribution in [2.45, 2.75) is 25.8 Å². The van der Waals surface area contributed by atoms with Crippen LogP contribution in [-0.2, 0) is 6.42 Å². The van der Waals surface area contributed by atoms with Gasteiger partial charge >= 0.3 is 5.97 Å². The number of aromatic nitrogens is 1. The van der Waals surface area contributed by atoms with E-state index >= 15 is 0 Å². The molecule has 0 bridgehead atoms. The molecule has 28 heavy (non-hydrogen) atoms. The number of para-hydroxylation sites is 1. The summed E-state index contributed by atoms with van der Waals surface area (Å²) >= 11 is 5.87. The molecule has 0 aliphatic rings. The van der Waals surface area contributed by atoms with Crippen LogP contribution < -0.4 is 5.43 Å². The summed E-state index contributed by atoms with van der Waals surface area (Å²) in [4.78, 5) is 24.9. The predicted octanol–water partition coefficient (Wildman–Crippen LogP) is 4.03. The molecule has 5 nitrogen and oxygen atoms in total. The fourth-order valence-electron chi connectivity index (χ4n) is 3.48. The summed E-state index contributed by atoms with van der Waals surface area (Å²) < 4.78 is 16.2. The van der Waals surface area contributed by atoms with Gasteiger partial charge in [-0.2, -0.15) is 0 Å². The Hall–Kier alpha value is -2.70. The number of carboxylic acids is 1. The lowest BCUT2D eigenvalue weighted by Crippen LogP contribution is -2.28. The first kappa shape index (κ1) is 20.0. The first-order chi connectivity index (χ1) is 13.4. The Morgan fingerprint density at radius 2 is 1.93 bits per heavy atom. The highest BCUT2D eigenvalue weighted by Crippen LogP contribution is 2.27. The zero-order valence-corrected chi connectivity index (χ0v) is 15.9. The van der Waals surface area contributed by atoms with Gasteiger partial charge in [-0.1, -0.05) is 42.8 Å². The van der Waals surface area contributed by atoms with Gasteiger partial charge in [0.05, 0.1) is 23.2 Å². The lowest BCUT2D eigenvalue weighted by atomic mass is 9.99. The Kier molecular flexibility index (Phi) is 5.82. The average Bonchev–Trinajstić information content (AvgIpc) is 2.68. The Morgan fingerprint density at radius 3 is 2.57 bits per heavy atom. The lowest BCUT2D eigenvalue weighted by molar-refractivity contribution is 0.0692. The van der Waals surface area contributed by atoms with E-state index < -0.39 is 28.8 Å². The molecule has 0 aliphatic heterocycles. The first-order valence-corrected chi connectivity index (χ1v) is 9.21. The molecule has 0 amide bonds. The van der Waals surface area contributed by atoms with Crippen LogP contribution in [0.2, 0.25) is 5.02 Å². The molecule has 1 unspecified atom stereocenters. The van der Waals surface area contributed by atoms with E-state index in [-0.39, 0.29) is 34.7 Å². The van der Waals surface area contributed by atoms with Gasteiger partial charge in [0, 0.05) is 17.5 Å². The van der Waals surface area contributed by atoms with Crippen LogP contribution in [0.1, 0.15) is 41.0 Å². The molecule has 3 aromatic rings. The maximum atomic E-state index is 14.5. The number of carboxylic acid groups (broad SMARTS) is 1. The number of nitrogens with zero attached hydrogens (tertiary/aromatic N) is 1. The van der Waals surface area contributed by atoms with E-state index in [1.165, 1.54) is 12.1 Å². The van der Waals surface area contributed by atoms with E-state index in [1.807, 2.05) is 6.92 Å². The van der Waals surface area contributed by atoms with Crippen molar-refractivity contribution in [3.63, 3.8) is 0 Å². The molecular formula is C21H19ClFNO4. The zero-order valence-electron chi connectivity index (χ0n) is 15.2. The SMILES string of the molecule is CCC(CO)n1c(Cc2cccc(Cl)c2F)c(C(=O)O)c(=O)c2ccccc21. The van der Waals surface area contributed by atoms with Crippen LogP contribution in [0.3, 0.4) is 0 Å². The monoisotopic (exact) mass is 403 g/mol. The van der Waals surface area contributed by atoms with Crippen molar-refractivity contribution in [3.8, 4) is 0 Å². The van der Waals surface area contributed by atoms with Gasteiger partial charge in [0.1, 0.15) is 11.4 Å². The van der Waals surface area contributed by atoms with Crippen LogP contribution in [0.4, 0.5) is 4.39 Å². The minimum atomic E-state index is -1.39. The molecule has 1 heterocycles. The smallest absolute Gasteiger partial charge is 0.341 e. The third-order valence-corrected chi connectivity index (χ3v) is 5.16. The molecule has 0 fully saturated rings. The van der Waals surface area contributed by atoms with E-state index in [9.17, 15) is 24.2 Å². The molecule has 0 saturated heterocycles. The number of benzene rings is 2. The second kappa shape index (κ2) is 8.12. The highest BCUT2D eigenvalue weighted by Gasteiger charge is 2.26. The number of hydrogen-bond donors (Lipinski definition) is 2. The van der Waals surface area contributed by atoms with E-state index in [1.54, 1.807) is 34.9 Å². The first-order valence-electron chi connectivity index (χ1n) is 8.83. The normalized spacial score (nSPS) is 12.3. The van der Waals surface area contributed by atoms with Gasteiger partial charge in [-0.15, -0.1) is 0 Å². The standard InChI is InChI=1S/C21H19ClFNO4/c1-2-13(11-25)24-16-9-4-3-7-14(16)20(26)18(21(27)28)17(24)10-12-6-5-8-15(22)19(12)23/h3-9,13,25H,2,10-11H2,1H3,(H,27,28). The summed E-state index contributed by atoms with van der Waals surface area (Å²) in [5.74, 6) is -2.06. The molecule has 1 atom stereocenters. The molecule has 0 aliphatic carbocycles. The van der Waals surface area contributed by atoms with Gasteiger partial charge in [-0.3, -0.25) is 4.79 Å². The number of carbonyl (C=O) groups is 1. The third-order valence-electron chi connectivity index (χ3n) is 4.87. The van der Waals surface area contributed by atoms with Crippen molar-refractivity contribution in [1.29, 1.82) is 0 Å². The van der Waals surface area contributed by atoms with Crippen LogP contribution in [0.5, 0.6) is 0 Å². The zero-order chi connectivity index (χ0) is 20.4. The summed E-state index contributed by atoms with van der Waals surface area (Å²) in [5, 5.41) is 19.8. The number of halogens is 2. The summed E-state index contributed by atoms with van der Waals surface area (Å²) in [7, 11) is 0. The second-order valence-electron chi connectivity index (χ2n) is 6.48. The Balaban J connectivity index is 2.43. The van der Waals surface area contributed by atoms with Gasteiger partial charge in [0.25, 0.3) is 0 Å². The molecule has 2 aromatic carbocycles. The molecule has 3 rings (SSSR count). The van der Waals surface area contributed by atoms with E-state index in [0.717, 1.165) is 0 Å². The molecule has 146 valence electrons. The molecule has 0 spiro atoms. The quantitative estimate of drug-likeness (QED) is 0.651. The van der Waals surface area contributed by atoms with Crippen LogP contribution >= 0.6 is 11.6 Å². The van der Waals surface area contributed by atoms with Gasteiger partial charge in [0.2, 0.25) is 5.43 Å². The van der Waals surface area contributed by atoms with E-state index in [4.69, 9.17) is 11.6 Å². The number of aliphatic hydroxyl groups excluding tert-OH is 1. The Bertz CT molecular complexity index is 1110. The highest BCUT2D eigenvalue weighted by molar-refractivity contribution is 6.30. The predicted molar refractivity (Wildman–Crippen MR) is 106 cm³/mol. The average molecular weight is 404 g/mol. The van der Waals surface area contributed by atoms with Crippen molar-refractivity contribution in [3.05, 3.63) is 80.3 Å². The van der Waals surface area contributed by atoms with Crippen LogP contribution in [0, 0.1) is 5.82 Å². The molecule has 7 heteroatoms. The van der Waals surface area contributed by atoms with Crippen molar-refractivity contribution in [2.24, 2.45) is 0 Å². The van der Waals surface area contributed by atoms with Gasteiger partial charge < -0.3 is 14.8 Å². The fraction of sp³-hybridized carbons (Fsp3) is 0.238. The molecule has 0 saturated carbocycles. The largest absolute Gasteiger partial charge is 0.477 e. The number of rotatable bonds is 6. The second-order valence-corrected chi connectivity index (χ2v) is 6.88. The minimum Gasteiger partial charge on any atom is -0.477 e. The topological polar surface area (TPSA) is 79.5 Å². The molecular weight excluding hydrogens is 385 g/mol. The summed E-state index contributed by atoms with van der Waals surface area (Å²) in [6.07, 6.45) is 0.345. The number of hydrogen-bond acceptors (Lipinski definition) is 3. The highest BCUT2D eigenvalue weighted by atomic mass is 35.5. The number of fused-ring (bicyclic) bond motifs is 1. The van der Waals surface area contributed by atoms with Crippen molar-refractivity contribution < 1.29 is 19.4 Å². The molecule has 0 radical (unpaired) electrons. The van der Waals surface area contributed by atoms with E-state index in [2.05, 4.69) is 0 Å². The number of aliphatic hydroxyl groups is 1. The molecule has 1 aromatic heterocycles.